The Balaban J connectivity index is 1.45. The Morgan fingerprint density at radius 3 is 2.10 bits per heavy atom. The second-order valence-corrected chi connectivity index (χ2v) is 8.75. The summed E-state index contributed by atoms with van der Waals surface area (Å²) in [7, 11) is 2.34. The Morgan fingerprint density at radius 2 is 1.60 bits per heavy atom. The zero-order valence-electron chi connectivity index (χ0n) is 13.8. The molecule has 4 saturated carbocycles. The molecular weight excluding hydrogens is 244 g/mol. The summed E-state index contributed by atoms with van der Waals surface area (Å²) in [6.45, 7) is 9.46. The zero-order valence-corrected chi connectivity index (χ0v) is 13.8. The zero-order chi connectivity index (χ0) is 14.2. The van der Waals surface area contributed by atoms with Crippen molar-refractivity contribution in [1.82, 2.24) is 10.2 Å². The molecule has 2 heteroatoms. The smallest absolute Gasteiger partial charge is 0.0104 e. The van der Waals surface area contributed by atoms with E-state index >= 15 is 0 Å². The summed E-state index contributed by atoms with van der Waals surface area (Å²) >= 11 is 0. The van der Waals surface area contributed by atoms with Gasteiger partial charge in [-0.25, -0.2) is 0 Å². The van der Waals surface area contributed by atoms with Gasteiger partial charge in [0.15, 0.2) is 0 Å². The lowest BCUT2D eigenvalue weighted by Crippen LogP contribution is -2.51. The first-order valence-electron chi connectivity index (χ1n) is 8.94. The molecule has 0 heterocycles. The predicted octanol–water partition coefficient (Wildman–Crippen LogP) is 3.38. The van der Waals surface area contributed by atoms with Gasteiger partial charge in [-0.15, -0.1) is 0 Å². The van der Waals surface area contributed by atoms with Crippen LogP contribution in [0, 0.1) is 29.1 Å². The van der Waals surface area contributed by atoms with Crippen molar-refractivity contribution >= 4 is 0 Å². The molecule has 4 aliphatic rings. The van der Waals surface area contributed by atoms with E-state index in [0.717, 1.165) is 36.8 Å². The summed E-state index contributed by atoms with van der Waals surface area (Å²) in [4.78, 5) is 2.61. The van der Waals surface area contributed by atoms with E-state index in [0.29, 0.717) is 5.41 Å². The Bertz CT molecular complexity index is 288. The Morgan fingerprint density at radius 1 is 1.05 bits per heavy atom. The minimum Gasteiger partial charge on any atom is -0.315 e. The molecule has 0 aliphatic heterocycles. The average Bonchev–Trinajstić information content (AvgIpc) is 2.32. The lowest BCUT2D eigenvalue weighted by Gasteiger charge is -2.57. The highest BCUT2D eigenvalue weighted by molar-refractivity contribution is 5.02. The molecule has 0 spiro atoms. The molecule has 0 aromatic heterocycles. The van der Waals surface area contributed by atoms with E-state index in [1.807, 2.05) is 0 Å². The summed E-state index contributed by atoms with van der Waals surface area (Å²) in [5.74, 6) is 4.04. The molecule has 0 saturated heterocycles. The van der Waals surface area contributed by atoms with Gasteiger partial charge in [0, 0.05) is 19.6 Å². The van der Waals surface area contributed by atoms with Crippen LogP contribution in [0.1, 0.15) is 52.4 Å². The second-order valence-electron chi connectivity index (χ2n) is 8.75. The maximum atomic E-state index is 3.58. The number of rotatable bonds is 7. The molecule has 4 bridgehead atoms. The van der Waals surface area contributed by atoms with E-state index in [9.17, 15) is 0 Å². The summed E-state index contributed by atoms with van der Waals surface area (Å²) in [5.41, 5.74) is 0.710. The first-order valence-corrected chi connectivity index (χ1v) is 8.94. The van der Waals surface area contributed by atoms with Gasteiger partial charge in [0.05, 0.1) is 0 Å². The number of hydrogen-bond acceptors (Lipinski definition) is 2. The summed E-state index contributed by atoms with van der Waals surface area (Å²) in [6.07, 6.45) is 9.34. The molecule has 4 fully saturated rings. The summed E-state index contributed by atoms with van der Waals surface area (Å²) in [5, 5.41) is 3.58. The first kappa shape index (κ1) is 14.8. The van der Waals surface area contributed by atoms with Gasteiger partial charge in [-0.05, 0) is 81.2 Å². The van der Waals surface area contributed by atoms with Crippen molar-refractivity contribution < 1.29 is 0 Å². The van der Waals surface area contributed by atoms with E-state index in [1.54, 1.807) is 38.5 Å². The highest BCUT2D eigenvalue weighted by atomic mass is 15.1. The van der Waals surface area contributed by atoms with Gasteiger partial charge < -0.3 is 10.2 Å². The third-order valence-corrected chi connectivity index (χ3v) is 5.99. The summed E-state index contributed by atoms with van der Waals surface area (Å²) in [6, 6.07) is 0. The minimum atomic E-state index is 0.710. The van der Waals surface area contributed by atoms with Crippen LogP contribution in [0.4, 0.5) is 0 Å². The lowest BCUT2D eigenvalue weighted by molar-refractivity contribution is -0.0659. The fourth-order valence-electron chi connectivity index (χ4n) is 5.80. The first-order chi connectivity index (χ1) is 9.55. The number of hydrogen-bond donors (Lipinski definition) is 1. The van der Waals surface area contributed by atoms with Crippen molar-refractivity contribution in [3.05, 3.63) is 0 Å². The van der Waals surface area contributed by atoms with Crippen LogP contribution in [0.15, 0.2) is 0 Å². The maximum Gasteiger partial charge on any atom is 0.0104 e. The van der Waals surface area contributed by atoms with Crippen LogP contribution >= 0.6 is 0 Å². The molecule has 0 aromatic rings. The quantitative estimate of drug-likeness (QED) is 0.718. The van der Waals surface area contributed by atoms with Crippen LogP contribution in [0.3, 0.4) is 0 Å². The van der Waals surface area contributed by atoms with E-state index in [1.165, 1.54) is 13.1 Å². The van der Waals surface area contributed by atoms with Crippen LogP contribution in [-0.2, 0) is 0 Å². The van der Waals surface area contributed by atoms with Gasteiger partial charge in [-0.3, -0.25) is 0 Å². The molecule has 4 aliphatic carbocycles. The van der Waals surface area contributed by atoms with E-state index in [2.05, 4.69) is 31.1 Å². The topological polar surface area (TPSA) is 15.3 Å². The van der Waals surface area contributed by atoms with Crippen molar-refractivity contribution in [2.45, 2.75) is 52.4 Å². The van der Waals surface area contributed by atoms with Crippen LogP contribution in [-0.4, -0.2) is 38.1 Å². The maximum absolute atomic E-state index is 3.58. The van der Waals surface area contributed by atoms with Crippen LogP contribution in [0.2, 0.25) is 0 Å². The Kier molecular flexibility index (Phi) is 4.42. The molecule has 0 unspecified atom stereocenters. The molecule has 2 nitrogen and oxygen atoms in total. The normalized spacial score (nSPS) is 39.1. The van der Waals surface area contributed by atoms with Gasteiger partial charge in [-0.1, -0.05) is 13.8 Å². The van der Waals surface area contributed by atoms with Crippen LogP contribution in [0.5, 0.6) is 0 Å². The van der Waals surface area contributed by atoms with Crippen molar-refractivity contribution in [2.75, 3.05) is 33.2 Å². The largest absolute Gasteiger partial charge is 0.315 e. The van der Waals surface area contributed by atoms with E-state index in [-0.39, 0.29) is 0 Å². The van der Waals surface area contributed by atoms with Crippen LogP contribution in [0.25, 0.3) is 0 Å². The molecule has 20 heavy (non-hydrogen) atoms. The molecular formula is C18H34N2. The molecule has 0 radical (unpaired) electrons. The van der Waals surface area contributed by atoms with Crippen molar-refractivity contribution in [3.63, 3.8) is 0 Å². The van der Waals surface area contributed by atoms with E-state index in [4.69, 9.17) is 0 Å². The highest BCUT2D eigenvalue weighted by Crippen LogP contribution is 2.60. The average molecular weight is 278 g/mol. The Labute approximate surface area is 125 Å². The molecule has 4 rings (SSSR count). The van der Waals surface area contributed by atoms with Gasteiger partial charge in [-0.2, -0.15) is 0 Å². The van der Waals surface area contributed by atoms with Crippen molar-refractivity contribution in [3.8, 4) is 0 Å². The lowest BCUT2D eigenvalue weighted by atomic mass is 9.49. The molecule has 0 aromatic carbocycles. The number of nitrogens with one attached hydrogen (secondary N) is 1. The van der Waals surface area contributed by atoms with Gasteiger partial charge in [0.2, 0.25) is 0 Å². The van der Waals surface area contributed by atoms with Gasteiger partial charge in [0.1, 0.15) is 0 Å². The monoisotopic (exact) mass is 278 g/mol. The molecule has 0 amide bonds. The van der Waals surface area contributed by atoms with Crippen molar-refractivity contribution in [2.24, 2.45) is 29.1 Å². The molecule has 0 atom stereocenters. The van der Waals surface area contributed by atoms with Crippen molar-refractivity contribution in [1.29, 1.82) is 0 Å². The van der Waals surface area contributed by atoms with Gasteiger partial charge >= 0.3 is 0 Å². The molecule has 116 valence electrons. The second kappa shape index (κ2) is 5.96. The third-order valence-electron chi connectivity index (χ3n) is 5.99. The predicted molar refractivity (Wildman–Crippen MR) is 85.8 cm³/mol. The third kappa shape index (κ3) is 3.39. The van der Waals surface area contributed by atoms with Gasteiger partial charge in [0.25, 0.3) is 0 Å². The highest BCUT2D eigenvalue weighted by Gasteiger charge is 2.50. The standard InChI is InChI=1S/C18H34N2/c1-14(2)12-19-4-5-20(3)13-18-9-15-6-16(10-18)8-17(7-15)11-18/h14-17,19H,4-13H2,1-3H3. The number of nitrogens with zero attached hydrogens (tertiary/aromatic N) is 1. The fourth-order valence-corrected chi connectivity index (χ4v) is 5.80. The number of likely N-dealkylation sites (N-methyl/N-ethyl adjacent to an activating group) is 1. The SMILES string of the molecule is CC(C)CNCCN(C)CC12CC3CC(CC(C3)C1)C2. The van der Waals surface area contributed by atoms with Crippen LogP contribution < -0.4 is 5.32 Å². The van der Waals surface area contributed by atoms with E-state index < -0.39 is 0 Å². The Hall–Kier alpha value is -0.0800. The summed E-state index contributed by atoms with van der Waals surface area (Å²) < 4.78 is 0. The minimum absolute atomic E-state index is 0.710. The fraction of sp³-hybridized carbons (Fsp3) is 1.00. The molecule has 1 N–H and O–H groups in total.